The van der Waals surface area contributed by atoms with E-state index in [1.54, 1.807) is 0 Å². The predicted octanol–water partition coefficient (Wildman–Crippen LogP) is -0.194. The van der Waals surface area contributed by atoms with E-state index in [1.807, 2.05) is 0 Å². The molecule has 0 aliphatic heterocycles. The lowest BCUT2D eigenvalue weighted by atomic mass is 10.5. The maximum Gasteiger partial charge on any atom is 0.232 e. The number of hydrogen-bond acceptors (Lipinski definition) is 5. The van der Waals surface area contributed by atoms with Gasteiger partial charge in [0.25, 0.3) is 0 Å². The van der Waals surface area contributed by atoms with Crippen LogP contribution in [0.5, 0.6) is 5.88 Å². The van der Waals surface area contributed by atoms with Crippen LogP contribution in [0.4, 0.5) is 5.82 Å². The summed E-state index contributed by atoms with van der Waals surface area (Å²) in [4.78, 5) is 17.8. The van der Waals surface area contributed by atoms with Gasteiger partial charge in [0.05, 0.1) is 19.0 Å². The minimum Gasteiger partial charge on any atom is -0.476 e. The fourth-order valence-corrected chi connectivity index (χ4v) is 0.767. The third-order valence-electron chi connectivity index (χ3n) is 1.39. The highest BCUT2D eigenvalue weighted by molar-refractivity contribution is 5.67. The lowest BCUT2D eigenvalue weighted by Gasteiger charge is -2.03. The van der Waals surface area contributed by atoms with Crippen molar-refractivity contribution in [2.75, 3.05) is 18.5 Å². The summed E-state index contributed by atoms with van der Waals surface area (Å²) in [5.74, 6) is 0.740. The summed E-state index contributed by atoms with van der Waals surface area (Å²) in [6.07, 6.45) is 3.87. The molecule has 0 spiro atoms. The zero-order valence-electron chi connectivity index (χ0n) is 7.51. The molecule has 76 valence electrons. The second kappa shape index (κ2) is 5.87. The molecule has 1 amide bonds. The van der Waals surface area contributed by atoms with Crippen LogP contribution < -0.4 is 10.1 Å². The summed E-state index contributed by atoms with van der Waals surface area (Å²) in [6.45, 7) is 0.476. The SMILES string of the molecule is O=CNc1cnc(OCCCO)cn1. The molecule has 0 saturated carbocycles. The standard InChI is InChI=1S/C8H11N3O3/c12-2-1-3-14-8-5-9-7(4-10-8)11-6-13/h4-6,12H,1-3H2,(H,9,11,13). The quantitative estimate of drug-likeness (QED) is 0.487. The first-order valence-corrected chi connectivity index (χ1v) is 4.12. The molecule has 6 heteroatoms. The lowest BCUT2D eigenvalue weighted by molar-refractivity contribution is -0.105. The monoisotopic (exact) mass is 197 g/mol. The zero-order chi connectivity index (χ0) is 10.2. The smallest absolute Gasteiger partial charge is 0.232 e. The van der Waals surface area contributed by atoms with Gasteiger partial charge in [0.2, 0.25) is 12.3 Å². The number of nitrogens with one attached hydrogen (secondary N) is 1. The predicted molar refractivity (Wildman–Crippen MR) is 48.9 cm³/mol. The third kappa shape index (κ3) is 3.36. The molecule has 0 aromatic carbocycles. The van der Waals surface area contributed by atoms with Gasteiger partial charge in [-0.3, -0.25) is 4.79 Å². The Kier molecular flexibility index (Phi) is 4.36. The van der Waals surface area contributed by atoms with Crippen LogP contribution in [-0.4, -0.2) is 34.7 Å². The van der Waals surface area contributed by atoms with Crippen LogP contribution in [0.1, 0.15) is 6.42 Å². The van der Waals surface area contributed by atoms with Crippen LogP contribution in [-0.2, 0) is 4.79 Å². The highest BCUT2D eigenvalue weighted by Gasteiger charge is 1.96. The number of nitrogens with zero attached hydrogens (tertiary/aromatic N) is 2. The van der Waals surface area contributed by atoms with Crippen LogP contribution in [0.15, 0.2) is 12.4 Å². The summed E-state index contributed by atoms with van der Waals surface area (Å²) in [5.41, 5.74) is 0. The average Bonchev–Trinajstić information content (AvgIpc) is 2.21. The molecule has 0 bridgehead atoms. The minimum atomic E-state index is 0.0816. The summed E-state index contributed by atoms with van der Waals surface area (Å²) >= 11 is 0. The van der Waals surface area contributed by atoms with Crippen LogP contribution in [0, 0.1) is 0 Å². The molecule has 14 heavy (non-hydrogen) atoms. The van der Waals surface area contributed by atoms with Crippen LogP contribution in [0.3, 0.4) is 0 Å². The molecular weight excluding hydrogens is 186 g/mol. The van der Waals surface area contributed by atoms with Crippen molar-refractivity contribution in [2.45, 2.75) is 6.42 Å². The molecule has 0 atom stereocenters. The molecule has 1 heterocycles. The second-order valence-corrected chi connectivity index (χ2v) is 2.43. The van der Waals surface area contributed by atoms with Gasteiger partial charge < -0.3 is 15.2 Å². The van der Waals surface area contributed by atoms with Gasteiger partial charge in [-0.05, 0) is 0 Å². The topological polar surface area (TPSA) is 84.3 Å². The number of rotatable bonds is 6. The molecule has 1 aromatic rings. The molecule has 0 aliphatic carbocycles. The maximum absolute atomic E-state index is 10.0. The van der Waals surface area contributed by atoms with Crippen molar-refractivity contribution in [3.8, 4) is 5.88 Å². The van der Waals surface area contributed by atoms with E-state index in [1.165, 1.54) is 12.4 Å². The van der Waals surface area contributed by atoms with Gasteiger partial charge in [-0.25, -0.2) is 9.97 Å². The molecule has 6 nitrogen and oxygen atoms in total. The van der Waals surface area contributed by atoms with Gasteiger partial charge in [-0.2, -0.15) is 0 Å². The average molecular weight is 197 g/mol. The van der Waals surface area contributed by atoms with E-state index in [2.05, 4.69) is 15.3 Å². The first-order chi connectivity index (χ1) is 6.86. The van der Waals surface area contributed by atoms with E-state index in [4.69, 9.17) is 9.84 Å². The fraction of sp³-hybridized carbons (Fsp3) is 0.375. The van der Waals surface area contributed by atoms with Crippen LogP contribution >= 0.6 is 0 Å². The summed E-state index contributed by atoms with van der Waals surface area (Å²) < 4.78 is 5.13. The number of anilines is 1. The van der Waals surface area contributed by atoms with Crippen molar-refractivity contribution in [3.05, 3.63) is 12.4 Å². The number of carbonyl (C=O) groups excluding carboxylic acids is 1. The van der Waals surface area contributed by atoms with E-state index in [9.17, 15) is 4.79 Å². The first kappa shape index (κ1) is 10.4. The third-order valence-corrected chi connectivity index (χ3v) is 1.39. The lowest BCUT2D eigenvalue weighted by Crippen LogP contribution is -2.03. The van der Waals surface area contributed by atoms with E-state index < -0.39 is 0 Å². The first-order valence-electron chi connectivity index (χ1n) is 4.12. The minimum absolute atomic E-state index is 0.0816. The Morgan fingerprint density at radius 3 is 2.93 bits per heavy atom. The van der Waals surface area contributed by atoms with Crippen molar-refractivity contribution in [3.63, 3.8) is 0 Å². The van der Waals surface area contributed by atoms with Crippen molar-refractivity contribution >= 4 is 12.2 Å². The Labute approximate surface area is 80.9 Å². The molecule has 0 radical (unpaired) electrons. The second-order valence-electron chi connectivity index (χ2n) is 2.43. The Morgan fingerprint density at radius 2 is 2.36 bits per heavy atom. The molecule has 2 N–H and O–H groups in total. The maximum atomic E-state index is 10.0. The number of ether oxygens (including phenoxy) is 1. The highest BCUT2D eigenvalue weighted by atomic mass is 16.5. The van der Waals surface area contributed by atoms with Gasteiger partial charge in [0.1, 0.15) is 0 Å². The number of aliphatic hydroxyl groups is 1. The van der Waals surface area contributed by atoms with Gasteiger partial charge in [-0.15, -0.1) is 0 Å². The molecule has 1 aromatic heterocycles. The summed E-state index contributed by atoms with van der Waals surface area (Å²) in [7, 11) is 0. The van der Waals surface area contributed by atoms with Crippen molar-refractivity contribution in [2.24, 2.45) is 0 Å². The van der Waals surface area contributed by atoms with E-state index in [0.717, 1.165) is 0 Å². The van der Waals surface area contributed by atoms with E-state index in [-0.39, 0.29) is 6.61 Å². The molecular formula is C8H11N3O3. The molecule has 0 saturated heterocycles. The Bertz CT molecular complexity index is 276. The van der Waals surface area contributed by atoms with Gasteiger partial charge in [-0.1, -0.05) is 0 Å². The normalized spacial score (nSPS) is 9.50. The van der Waals surface area contributed by atoms with Crippen LogP contribution in [0.2, 0.25) is 0 Å². The Morgan fingerprint density at radius 1 is 1.50 bits per heavy atom. The van der Waals surface area contributed by atoms with Gasteiger partial charge in [0.15, 0.2) is 5.82 Å². The van der Waals surface area contributed by atoms with E-state index >= 15 is 0 Å². The largest absolute Gasteiger partial charge is 0.476 e. The number of carbonyl (C=O) groups is 1. The summed E-state index contributed by atoms with van der Waals surface area (Å²) in [5, 5.41) is 10.8. The summed E-state index contributed by atoms with van der Waals surface area (Å²) in [6, 6.07) is 0. The van der Waals surface area contributed by atoms with Gasteiger partial charge >= 0.3 is 0 Å². The number of aromatic nitrogens is 2. The molecule has 0 fully saturated rings. The van der Waals surface area contributed by atoms with Crippen molar-refractivity contribution in [1.29, 1.82) is 0 Å². The Hall–Kier alpha value is -1.69. The number of hydrogen-bond donors (Lipinski definition) is 2. The van der Waals surface area contributed by atoms with Crippen molar-refractivity contribution in [1.82, 2.24) is 9.97 Å². The molecule has 0 unspecified atom stereocenters. The fourth-order valence-electron chi connectivity index (χ4n) is 0.767. The van der Waals surface area contributed by atoms with Crippen LogP contribution in [0.25, 0.3) is 0 Å². The number of aliphatic hydroxyl groups excluding tert-OH is 1. The number of amides is 1. The van der Waals surface area contributed by atoms with E-state index in [0.29, 0.717) is 31.1 Å². The zero-order valence-corrected chi connectivity index (χ0v) is 7.51. The van der Waals surface area contributed by atoms with Crippen molar-refractivity contribution < 1.29 is 14.6 Å². The van der Waals surface area contributed by atoms with Gasteiger partial charge in [0, 0.05) is 13.0 Å². The Balaban J connectivity index is 2.42. The molecule has 0 aliphatic rings. The molecule has 1 rings (SSSR count). The highest BCUT2D eigenvalue weighted by Crippen LogP contribution is 2.06.